The van der Waals surface area contributed by atoms with Crippen LogP contribution in [0.4, 0.5) is 0 Å². The Hall–Kier alpha value is -2.64. The van der Waals surface area contributed by atoms with Crippen LogP contribution >= 0.6 is 0 Å². The molecule has 0 saturated carbocycles. The van der Waals surface area contributed by atoms with Crippen LogP contribution in [-0.4, -0.2) is 11.1 Å². The van der Waals surface area contributed by atoms with E-state index < -0.39 is 5.97 Å². The highest BCUT2D eigenvalue weighted by Crippen LogP contribution is 2.11. The molecule has 2 aromatic carbocycles. The van der Waals surface area contributed by atoms with Crippen molar-refractivity contribution in [1.29, 1.82) is 5.26 Å². The van der Waals surface area contributed by atoms with Crippen LogP contribution in [0.15, 0.2) is 48.5 Å². The Labute approximate surface area is 116 Å². The number of carbonyl (C=O) groups is 1. The summed E-state index contributed by atoms with van der Waals surface area (Å²) in [7, 11) is 0. The summed E-state index contributed by atoms with van der Waals surface area (Å²) in [6, 6.07) is 15.6. The number of aliphatic hydroxyl groups is 1. The predicted molar refractivity (Wildman–Crippen MR) is 72.6 cm³/mol. The van der Waals surface area contributed by atoms with E-state index in [1.165, 1.54) is 0 Å². The van der Waals surface area contributed by atoms with E-state index in [0.29, 0.717) is 16.7 Å². The van der Waals surface area contributed by atoms with E-state index in [1.807, 2.05) is 0 Å². The second-order valence-electron chi connectivity index (χ2n) is 4.20. The molecule has 4 nitrogen and oxygen atoms in total. The number of hydrogen-bond donors (Lipinski definition) is 1. The van der Waals surface area contributed by atoms with Crippen molar-refractivity contribution in [2.75, 3.05) is 0 Å². The van der Waals surface area contributed by atoms with Crippen LogP contribution in [-0.2, 0) is 18.0 Å². The lowest BCUT2D eigenvalue weighted by molar-refractivity contribution is 0.0472. The molecule has 1 N–H and O–H groups in total. The lowest BCUT2D eigenvalue weighted by Gasteiger charge is -2.06. The van der Waals surface area contributed by atoms with E-state index in [1.54, 1.807) is 48.5 Å². The van der Waals surface area contributed by atoms with Gasteiger partial charge in [-0.05, 0) is 23.8 Å². The molecule has 0 bridgehead atoms. The Morgan fingerprint density at radius 3 is 2.50 bits per heavy atom. The highest BCUT2D eigenvalue weighted by atomic mass is 16.5. The maximum atomic E-state index is 11.8. The molecule has 0 amide bonds. The smallest absolute Gasteiger partial charge is 0.338 e. The molecule has 0 aliphatic carbocycles. The summed E-state index contributed by atoms with van der Waals surface area (Å²) in [5.74, 6) is -0.456. The second kappa shape index (κ2) is 6.50. The molecular weight excluding hydrogens is 254 g/mol. The van der Waals surface area contributed by atoms with Gasteiger partial charge in [-0.25, -0.2) is 4.79 Å². The normalized spacial score (nSPS) is 9.80. The molecule has 0 saturated heterocycles. The Kier molecular flexibility index (Phi) is 4.48. The number of rotatable bonds is 4. The van der Waals surface area contributed by atoms with Crippen molar-refractivity contribution in [1.82, 2.24) is 0 Å². The molecule has 0 atom stereocenters. The minimum Gasteiger partial charge on any atom is -0.457 e. The van der Waals surface area contributed by atoms with Crippen molar-refractivity contribution < 1.29 is 14.6 Å². The minimum absolute atomic E-state index is 0.0598. The zero-order chi connectivity index (χ0) is 14.4. The van der Waals surface area contributed by atoms with Gasteiger partial charge < -0.3 is 9.84 Å². The van der Waals surface area contributed by atoms with Crippen LogP contribution < -0.4 is 0 Å². The van der Waals surface area contributed by atoms with E-state index in [-0.39, 0.29) is 13.2 Å². The number of ether oxygens (including phenoxy) is 1. The molecule has 0 spiro atoms. The SMILES string of the molecule is N#Cc1ccccc1COC(=O)c1ccc(CO)cc1. The molecule has 100 valence electrons. The third-order valence-electron chi connectivity index (χ3n) is 2.87. The molecule has 0 aromatic heterocycles. The first-order valence-electron chi connectivity index (χ1n) is 6.09. The lowest BCUT2D eigenvalue weighted by atomic mass is 10.1. The molecule has 0 radical (unpaired) electrons. The van der Waals surface area contributed by atoms with Crippen molar-refractivity contribution in [2.45, 2.75) is 13.2 Å². The van der Waals surface area contributed by atoms with Gasteiger partial charge in [0.15, 0.2) is 0 Å². The van der Waals surface area contributed by atoms with Crippen LogP contribution in [0.2, 0.25) is 0 Å². The first kappa shape index (κ1) is 13.8. The molecule has 0 unspecified atom stereocenters. The van der Waals surface area contributed by atoms with Gasteiger partial charge in [0.25, 0.3) is 0 Å². The van der Waals surface area contributed by atoms with Crippen molar-refractivity contribution in [3.05, 3.63) is 70.8 Å². The molecule has 2 rings (SSSR count). The maximum Gasteiger partial charge on any atom is 0.338 e. The van der Waals surface area contributed by atoms with Gasteiger partial charge in [-0.3, -0.25) is 0 Å². The third kappa shape index (κ3) is 3.22. The van der Waals surface area contributed by atoms with E-state index in [9.17, 15) is 4.79 Å². The van der Waals surface area contributed by atoms with Crippen LogP contribution in [0.3, 0.4) is 0 Å². The summed E-state index contributed by atoms with van der Waals surface area (Å²) in [5, 5.41) is 17.9. The lowest BCUT2D eigenvalue weighted by Crippen LogP contribution is -2.06. The van der Waals surface area contributed by atoms with Crippen molar-refractivity contribution in [2.24, 2.45) is 0 Å². The summed E-state index contributed by atoms with van der Waals surface area (Å²) >= 11 is 0. The first-order valence-corrected chi connectivity index (χ1v) is 6.09. The summed E-state index contributed by atoms with van der Waals surface area (Å²) in [5.41, 5.74) is 2.32. The van der Waals surface area contributed by atoms with E-state index in [0.717, 1.165) is 5.56 Å². The third-order valence-corrected chi connectivity index (χ3v) is 2.87. The van der Waals surface area contributed by atoms with Gasteiger partial charge >= 0.3 is 5.97 Å². The number of benzene rings is 2. The molecule has 0 aliphatic heterocycles. The van der Waals surface area contributed by atoms with Gasteiger partial charge in [-0.2, -0.15) is 5.26 Å². The molecule has 2 aromatic rings. The fourth-order valence-electron chi connectivity index (χ4n) is 1.73. The molecule has 0 fully saturated rings. The van der Waals surface area contributed by atoms with Crippen LogP contribution in [0.5, 0.6) is 0 Å². The zero-order valence-corrected chi connectivity index (χ0v) is 10.7. The molecule has 0 aliphatic rings. The number of esters is 1. The van der Waals surface area contributed by atoms with E-state index in [4.69, 9.17) is 15.1 Å². The maximum absolute atomic E-state index is 11.8. The Bertz CT molecular complexity index is 642. The Morgan fingerprint density at radius 2 is 1.85 bits per heavy atom. The van der Waals surface area contributed by atoms with Gasteiger partial charge in [-0.1, -0.05) is 30.3 Å². The summed E-state index contributed by atoms with van der Waals surface area (Å²) in [6.45, 7) is -0.00477. The van der Waals surface area contributed by atoms with E-state index >= 15 is 0 Å². The van der Waals surface area contributed by atoms with Gasteiger partial charge in [0.2, 0.25) is 0 Å². The molecule has 0 heterocycles. The zero-order valence-electron chi connectivity index (χ0n) is 10.7. The number of nitrogens with zero attached hydrogens (tertiary/aromatic N) is 1. The standard InChI is InChI=1S/C16H13NO3/c17-9-14-3-1-2-4-15(14)11-20-16(19)13-7-5-12(10-18)6-8-13/h1-8,18H,10-11H2. The summed E-state index contributed by atoms with van der Waals surface area (Å²) in [6.07, 6.45) is 0. The van der Waals surface area contributed by atoms with Gasteiger partial charge in [0, 0.05) is 5.56 Å². The van der Waals surface area contributed by atoms with E-state index in [2.05, 4.69) is 6.07 Å². The van der Waals surface area contributed by atoms with Crippen molar-refractivity contribution in [3.8, 4) is 6.07 Å². The van der Waals surface area contributed by atoms with Crippen molar-refractivity contribution in [3.63, 3.8) is 0 Å². The van der Waals surface area contributed by atoms with Gasteiger partial charge in [-0.15, -0.1) is 0 Å². The Morgan fingerprint density at radius 1 is 1.15 bits per heavy atom. The number of nitriles is 1. The van der Waals surface area contributed by atoms with Crippen molar-refractivity contribution >= 4 is 5.97 Å². The van der Waals surface area contributed by atoms with Gasteiger partial charge in [0.05, 0.1) is 23.8 Å². The predicted octanol–water partition coefficient (Wildman–Crippen LogP) is 2.41. The minimum atomic E-state index is -0.456. The number of carbonyl (C=O) groups excluding carboxylic acids is 1. The fourth-order valence-corrected chi connectivity index (χ4v) is 1.73. The van der Waals surface area contributed by atoms with Crippen LogP contribution in [0.25, 0.3) is 0 Å². The van der Waals surface area contributed by atoms with Gasteiger partial charge in [0.1, 0.15) is 6.61 Å². The van der Waals surface area contributed by atoms with Crippen LogP contribution in [0.1, 0.15) is 27.0 Å². The number of aliphatic hydroxyl groups excluding tert-OH is 1. The fraction of sp³-hybridized carbons (Fsp3) is 0.125. The average molecular weight is 267 g/mol. The average Bonchev–Trinajstić information content (AvgIpc) is 2.53. The van der Waals surface area contributed by atoms with Crippen LogP contribution in [0, 0.1) is 11.3 Å². The molecular formula is C16H13NO3. The topological polar surface area (TPSA) is 70.3 Å². The monoisotopic (exact) mass is 267 g/mol. The highest BCUT2D eigenvalue weighted by Gasteiger charge is 2.08. The summed E-state index contributed by atoms with van der Waals surface area (Å²) < 4.78 is 5.18. The molecule has 20 heavy (non-hydrogen) atoms. The first-order chi connectivity index (χ1) is 9.74. The quantitative estimate of drug-likeness (QED) is 0.863. The number of hydrogen-bond acceptors (Lipinski definition) is 4. The highest BCUT2D eigenvalue weighted by molar-refractivity contribution is 5.89. The second-order valence-corrected chi connectivity index (χ2v) is 4.20. The Balaban J connectivity index is 2.03. The molecule has 4 heteroatoms. The largest absolute Gasteiger partial charge is 0.457 e. The summed E-state index contributed by atoms with van der Waals surface area (Å²) in [4.78, 5) is 11.8.